The summed E-state index contributed by atoms with van der Waals surface area (Å²) in [4.78, 5) is 8.66. The van der Waals surface area contributed by atoms with Crippen molar-refractivity contribution in [1.29, 1.82) is 0 Å². The number of allylic oxidation sites excluding steroid dienone is 1. The molecule has 0 fully saturated rings. The molecule has 0 spiro atoms. The van der Waals surface area contributed by atoms with Gasteiger partial charge in [-0.25, -0.2) is 4.98 Å². The molecule has 0 unspecified atom stereocenters. The molecule has 5 nitrogen and oxygen atoms in total. The fourth-order valence-corrected chi connectivity index (χ4v) is 2.13. The van der Waals surface area contributed by atoms with Gasteiger partial charge in [0.25, 0.3) is 0 Å². The number of hydrogen-bond acceptors (Lipinski definition) is 4. The Hall–Kier alpha value is -2.56. The monoisotopic (exact) mass is 254 g/mol. The van der Waals surface area contributed by atoms with Crippen LogP contribution < -0.4 is 5.32 Å². The second kappa shape index (κ2) is 4.28. The van der Waals surface area contributed by atoms with E-state index in [0.29, 0.717) is 11.6 Å². The van der Waals surface area contributed by atoms with E-state index in [-0.39, 0.29) is 5.88 Å². The standard InChI is InChI=1S/C14H14N4O/c1-15-14-17-12(13(19)18(14)2)7-9-8-16-11-6-4-3-5-10(9)11/h3-8,19H,1-2H3,(H,15,17). The van der Waals surface area contributed by atoms with Gasteiger partial charge < -0.3 is 10.4 Å². The van der Waals surface area contributed by atoms with Gasteiger partial charge in [0.15, 0.2) is 0 Å². The van der Waals surface area contributed by atoms with Gasteiger partial charge in [0.2, 0.25) is 11.8 Å². The molecule has 96 valence electrons. The minimum absolute atomic E-state index is 0.134. The molecule has 1 aromatic heterocycles. The van der Waals surface area contributed by atoms with Gasteiger partial charge in [-0.05, 0) is 12.1 Å². The maximum Gasteiger partial charge on any atom is 0.220 e. The molecular formula is C14H14N4O. The van der Waals surface area contributed by atoms with Gasteiger partial charge in [-0.3, -0.25) is 9.56 Å². The van der Waals surface area contributed by atoms with Crippen LogP contribution in [0, 0.1) is 0 Å². The van der Waals surface area contributed by atoms with Crippen LogP contribution in [0.3, 0.4) is 0 Å². The van der Waals surface area contributed by atoms with Crippen molar-refractivity contribution in [3.63, 3.8) is 0 Å². The molecule has 2 N–H and O–H groups in total. The average Bonchev–Trinajstić information content (AvgIpc) is 2.96. The van der Waals surface area contributed by atoms with Crippen molar-refractivity contribution >= 4 is 29.5 Å². The Balaban J connectivity index is 2.07. The Kier molecular flexibility index (Phi) is 2.59. The number of nitrogens with one attached hydrogen (secondary N) is 1. The first-order chi connectivity index (χ1) is 9.20. The zero-order valence-electron chi connectivity index (χ0n) is 10.8. The minimum Gasteiger partial charge on any atom is -0.493 e. The summed E-state index contributed by atoms with van der Waals surface area (Å²) in [6.07, 6.45) is 3.63. The number of rotatable bonds is 2. The Morgan fingerprint density at radius 2 is 2.11 bits per heavy atom. The van der Waals surface area contributed by atoms with Crippen molar-refractivity contribution < 1.29 is 5.11 Å². The van der Waals surface area contributed by atoms with E-state index in [4.69, 9.17) is 0 Å². The van der Waals surface area contributed by atoms with Crippen LogP contribution in [-0.2, 0) is 7.05 Å². The molecule has 19 heavy (non-hydrogen) atoms. The van der Waals surface area contributed by atoms with Crippen molar-refractivity contribution in [2.75, 3.05) is 12.4 Å². The van der Waals surface area contributed by atoms with Gasteiger partial charge in [0, 0.05) is 31.4 Å². The molecule has 0 radical (unpaired) electrons. The lowest BCUT2D eigenvalue weighted by Gasteiger charge is -1.99. The second-order valence-electron chi connectivity index (χ2n) is 4.33. The molecule has 1 aliphatic heterocycles. The summed E-state index contributed by atoms with van der Waals surface area (Å²) in [6, 6.07) is 7.90. The number of hydrogen-bond donors (Lipinski definition) is 2. The van der Waals surface area contributed by atoms with E-state index in [1.54, 1.807) is 24.9 Å². The van der Waals surface area contributed by atoms with Crippen molar-refractivity contribution in [3.8, 4) is 5.88 Å². The third-order valence-corrected chi connectivity index (χ3v) is 3.16. The summed E-state index contributed by atoms with van der Waals surface area (Å²) in [5.74, 6) is 0.752. The van der Waals surface area contributed by atoms with E-state index in [1.807, 2.05) is 30.3 Å². The topological polar surface area (TPSA) is 62.4 Å². The third kappa shape index (κ3) is 1.79. The zero-order chi connectivity index (χ0) is 13.4. The predicted molar refractivity (Wildman–Crippen MR) is 76.9 cm³/mol. The summed E-state index contributed by atoms with van der Waals surface area (Å²) >= 11 is 0. The molecule has 1 aromatic carbocycles. The molecular weight excluding hydrogens is 240 g/mol. The summed E-state index contributed by atoms with van der Waals surface area (Å²) in [5, 5.41) is 13.0. The number of para-hydroxylation sites is 1. The first-order valence-electron chi connectivity index (χ1n) is 5.99. The number of imidazole rings is 1. The van der Waals surface area contributed by atoms with E-state index < -0.39 is 0 Å². The first kappa shape index (κ1) is 11.5. The molecule has 0 amide bonds. The van der Waals surface area contributed by atoms with Gasteiger partial charge in [-0.15, -0.1) is 0 Å². The van der Waals surface area contributed by atoms with Crippen LogP contribution in [-0.4, -0.2) is 27.9 Å². The Morgan fingerprint density at radius 1 is 1.32 bits per heavy atom. The van der Waals surface area contributed by atoms with Crippen molar-refractivity contribution in [3.05, 3.63) is 35.5 Å². The number of benzene rings is 1. The van der Waals surface area contributed by atoms with E-state index in [1.165, 1.54) is 0 Å². The fourth-order valence-electron chi connectivity index (χ4n) is 2.13. The van der Waals surface area contributed by atoms with E-state index in [9.17, 15) is 5.11 Å². The van der Waals surface area contributed by atoms with Crippen LogP contribution in [0.1, 0.15) is 11.3 Å². The van der Waals surface area contributed by atoms with Crippen LogP contribution in [0.25, 0.3) is 11.6 Å². The summed E-state index contributed by atoms with van der Waals surface area (Å²) in [6.45, 7) is 0. The molecule has 0 saturated heterocycles. The van der Waals surface area contributed by atoms with Gasteiger partial charge in [-0.2, -0.15) is 0 Å². The molecule has 0 bridgehead atoms. The lowest BCUT2D eigenvalue weighted by atomic mass is 10.1. The van der Waals surface area contributed by atoms with Gasteiger partial charge >= 0.3 is 0 Å². The summed E-state index contributed by atoms with van der Waals surface area (Å²) in [5.41, 5.74) is 3.48. The fraction of sp³-hybridized carbons (Fsp3) is 0.143. The minimum atomic E-state index is 0.134. The van der Waals surface area contributed by atoms with E-state index >= 15 is 0 Å². The third-order valence-electron chi connectivity index (χ3n) is 3.16. The Labute approximate surface area is 110 Å². The maximum absolute atomic E-state index is 10.0. The van der Waals surface area contributed by atoms with Crippen molar-refractivity contribution in [1.82, 2.24) is 9.55 Å². The van der Waals surface area contributed by atoms with Crippen LogP contribution >= 0.6 is 0 Å². The molecule has 2 aromatic rings. The number of aromatic hydroxyl groups is 1. The number of nitrogens with zero attached hydrogens (tertiary/aromatic N) is 3. The zero-order valence-corrected chi connectivity index (χ0v) is 10.8. The molecule has 5 heteroatoms. The van der Waals surface area contributed by atoms with E-state index in [0.717, 1.165) is 16.8 Å². The molecule has 1 aliphatic rings. The number of aliphatic imine (C=N–C) groups is 1. The highest BCUT2D eigenvalue weighted by Crippen LogP contribution is 2.33. The SMILES string of the molecule is CNc1nc(C=C2C=Nc3ccccc32)c(O)n1C. The predicted octanol–water partition coefficient (Wildman–Crippen LogP) is 2.42. The van der Waals surface area contributed by atoms with Crippen molar-refractivity contribution in [2.24, 2.45) is 12.0 Å². The molecule has 0 atom stereocenters. The smallest absolute Gasteiger partial charge is 0.220 e. The lowest BCUT2D eigenvalue weighted by Crippen LogP contribution is -1.97. The van der Waals surface area contributed by atoms with Crippen LogP contribution in [0.5, 0.6) is 5.88 Å². The largest absolute Gasteiger partial charge is 0.493 e. The van der Waals surface area contributed by atoms with Crippen LogP contribution in [0.2, 0.25) is 0 Å². The number of aromatic nitrogens is 2. The van der Waals surface area contributed by atoms with E-state index in [2.05, 4.69) is 15.3 Å². The van der Waals surface area contributed by atoms with Crippen LogP contribution in [0.4, 0.5) is 11.6 Å². The molecule has 2 heterocycles. The maximum atomic E-state index is 10.0. The van der Waals surface area contributed by atoms with Crippen LogP contribution in [0.15, 0.2) is 29.3 Å². The summed E-state index contributed by atoms with van der Waals surface area (Å²) < 4.78 is 1.60. The van der Waals surface area contributed by atoms with Gasteiger partial charge in [0.1, 0.15) is 5.69 Å². The second-order valence-corrected chi connectivity index (χ2v) is 4.33. The van der Waals surface area contributed by atoms with Crippen molar-refractivity contribution in [2.45, 2.75) is 0 Å². The lowest BCUT2D eigenvalue weighted by molar-refractivity contribution is 0.432. The molecule has 0 aliphatic carbocycles. The highest BCUT2D eigenvalue weighted by Gasteiger charge is 2.15. The highest BCUT2D eigenvalue weighted by atomic mass is 16.3. The summed E-state index contributed by atoms with van der Waals surface area (Å²) in [7, 11) is 3.53. The number of anilines is 1. The normalized spacial score (nSPS) is 14.9. The number of fused-ring (bicyclic) bond motifs is 1. The van der Waals surface area contributed by atoms with Gasteiger partial charge in [-0.1, -0.05) is 18.2 Å². The Bertz CT molecular complexity index is 697. The quantitative estimate of drug-likeness (QED) is 0.865. The molecule has 3 rings (SSSR count). The molecule has 0 saturated carbocycles. The van der Waals surface area contributed by atoms with Gasteiger partial charge in [0.05, 0.1) is 5.69 Å². The average molecular weight is 254 g/mol. The Morgan fingerprint density at radius 3 is 2.84 bits per heavy atom. The first-order valence-corrected chi connectivity index (χ1v) is 5.99. The highest BCUT2D eigenvalue weighted by molar-refractivity contribution is 6.21.